The summed E-state index contributed by atoms with van der Waals surface area (Å²) in [6, 6.07) is 15.4. The molecule has 3 aromatic rings. The Bertz CT molecular complexity index is 837. The molecule has 0 N–H and O–H groups in total. The van der Waals surface area contributed by atoms with Crippen LogP contribution in [0.2, 0.25) is 0 Å². The number of nitrogens with zero attached hydrogens (tertiary/aromatic N) is 2. The highest BCUT2D eigenvalue weighted by Crippen LogP contribution is 2.22. The van der Waals surface area contributed by atoms with Crippen molar-refractivity contribution in [2.75, 3.05) is 11.5 Å². The van der Waals surface area contributed by atoms with Gasteiger partial charge in [0.25, 0.3) is 5.91 Å². The van der Waals surface area contributed by atoms with E-state index in [4.69, 9.17) is 9.15 Å². The molecular formula is C20H22N2O3. The van der Waals surface area contributed by atoms with Gasteiger partial charge < -0.3 is 14.1 Å². The van der Waals surface area contributed by atoms with E-state index < -0.39 is 0 Å². The minimum Gasteiger partial charge on any atom is -0.440 e. The smallest absolute Gasteiger partial charge is 0.395 e. The number of amides is 1. The molecule has 5 heteroatoms. The van der Waals surface area contributed by atoms with Gasteiger partial charge in [-0.2, -0.15) is 4.98 Å². The van der Waals surface area contributed by atoms with Gasteiger partial charge in [-0.15, -0.1) is 0 Å². The molecule has 2 aromatic carbocycles. The number of carbonyl (C=O) groups excluding carboxylic acids is 1. The Morgan fingerprint density at radius 2 is 2.00 bits per heavy atom. The molecule has 0 aliphatic heterocycles. The van der Waals surface area contributed by atoms with Crippen molar-refractivity contribution in [3.05, 3.63) is 54.1 Å². The molecule has 0 spiro atoms. The first-order chi connectivity index (χ1) is 12.1. The molecule has 1 aromatic heterocycles. The lowest BCUT2D eigenvalue weighted by atomic mass is 10.1. The summed E-state index contributed by atoms with van der Waals surface area (Å²) < 4.78 is 11.0. The monoisotopic (exact) mass is 338 g/mol. The third-order valence-corrected chi connectivity index (χ3v) is 3.98. The van der Waals surface area contributed by atoms with Gasteiger partial charge in [-0.25, -0.2) is 0 Å². The van der Waals surface area contributed by atoms with Crippen molar-refractivity contribution in [1.29, 1.82) is 0 Å². The number of oxazole rings is 1. The van der Waals surface area contributed by atoms with E-state index in [1.807, 2.05) is 56.3 Å². The fraction of sp³-hybridized carbons (Fsp3) is 0.300. The lowest BCUT2D eigenvalue weighted by Crippen LogP contribution is -2.40. The normalized spacial score (nSPS) is 11.0. The number of anilines is 1. The van der Waals surface area contributed by atoms with Gasteiger partial charge in [-0.1, -0.05) is 31.2 Å². The highest BCUT2D eigenvalue weighted by Gasteiger charge is 2.20. The second-order valence-corrected chi connectivity index (χ2v) is 6.12. The molecule has 0 aliphatic rings. The van der Waals surface area contributed by atoms with E-state index >= 15 is 0 Å². The first-order valence-corrected chi connectivity index (χ1v) is 8.48. The van der Waals surface area contributed by atoms with Crippen molar-refractivity contribution in [3.63, 3.8) is 0 Å². The van der Waals surface area contributed by atoms with Gasteiger partial charge in [0.15, 0.2) is 12.2 Å². The first kappa shape index (κ1) is 17.0. The number of fused-ring (bicyclic) bond motifs is 1. The molecule has 0 aliphatic carbocycles. The van der Waals surface area contributed by atoms with Gasteiger partial charge >= 0.3 is 6.08 Å². The maximum atomic E-state index is 12.7. The molecule has 0 saturated heterocycles. The van der Waals surface area contributed by atoms with Gasteiger partial charge in [0.1, 0.15) is 5.52 Å². The number of para-hydroxylation sites is 2. The second kappa shape index (κ2) is 7.38. The number of aryl methyl sites for hydroxylation is 1. The Morgan fingerprint density at radius 3 is 2.72 bits per heavy atom. The average Bonchev–Trinajstić information content (AvgIpc) is 3.03. The molecule has 0 saturated carbocycles. The standard InChI is InChI=1S/C20H22N2O3/c1-4-15-8-7-9-16(12-15)22(14(2)3)19(23)13-24-20-21-17-10-5-6-11-18(17)25-20/h5-12,14H,4,13H2,1-3H3. The number of benzene rings is 2. The van der Waals surface area contributed by atoms with Gasteiger partial charge in [-0.05, 0) is 50.1 Å². The summed E-state index contributed by atoms with van der Waals surface area (Å²) in [5, 5.41) is 0. The number of aromatic nitrogens is 1. The van der Waals surface area contributed by atoms with Crippen LogP contribution in [0.4, 0.5) is 5.69 Å². The van der Waals surface area contributed by atoms with Crippen LogP contribution in [0.5, 0.6) is 6.08 Å². The zero-order valence-corrected chi connectivity index (χ0v) is 14.7. The number of carbonyl (C=O) groups is 1. The zero-order valence-electron chi connectivity index (χ0n) is 14.7. The first-order valence-electron chi connectivity index (χ1n) is 8.48. The molecule has 0 unspecified atom stereocenters. The lowest BCUT2D eigenvalue weighted by molar-refractivity contribution is -0.121. The summed E-state index contributed by atoms with van der Waals surface area (Å²) in [5.74, 6) is -0.134. The molecule has 1 heterocycles. The van der Waals surface area contributed by atoms with Crippen LogP contribution in [-0.4, -0.2) is 23.5 Å². The van der Waals surface area contributed by atoms with Crippen molar-refractivity contribution < 1.29 is 13.9 Å². The van der Waals surface area contributed by atoms with E-state index in [9.17, 15) is 4.79 Å². The average molecular weight is 338 g/mol. The number of hydrogen-bond acceptors (Lipinski definition) is 4. The zero-order chi connectivity index (χ0) is 17.8. The predicted octanol–water partition coefficient (Wildman–Crippen LogP) is 4.21. The molecule has 0 bridgehead atoms. The summed E-state index contributed by atoms with van der Waals surface area (Å²) in [6.07, 6.45) is 1.04. The van der Waals surface area contributed by atoms with Crippen LogP contribution in [0.15, 0.2) is 52.9 Å². The second-order valence-electron chi connectivity index (χ2n) is 6.12. The highest BCUT2D eigenvalue weighted by molar-refractivity contribution is 5.95. The third kappa shape index (κ3) is 3.82. The molecule has 5 nitrogen and oxygen atoms in total. The van der Waals surface area contributed by atoms with Gasteiger partial charge in [0.05, 0.1) is 0 Å². The minimum absolute atomic E-state index is 0.0202. The number of ether oxygens (including phenoxy) is 1. The molecule has 0 radical (unpaired) electrons. The van der Waals surface area contributed by atoms with E-state index in [0.29, 0.717) is 11.1 Å². The van der Waals surface area contributed by atoms with E-state index in [-0.39, 0.29) is 24.6 Å². The fourth-order valence-electron chi connectivity index (χ4n) is 2.76. The van der Waals surface area contributed by atoms with Crippen molar-refractivity contribution >= 4 is 22.7 Å². The van der Waals surface area contributed by atoms with Crippen molar-refractivity contribution in [2.24, 2.45) is 0 Å². The van der Waals surface area contributed by atoms with E-state index in [0.717, 1.165) is 12.1 Å². The van der Waals surface area contributed by atoms with Crippen molar-refractivity contribution in [1.82, 2.24) is 4.98 Å². The van der Waals surface area contributed by atoms with Crippen LogP contribution >= 0.6 is 0 Å². The number of hydrogen-bond donors (Lipinski definition) is 0. The summed E-state index contributed by atoms with van der Waals surface area (Å²) in [4.78, 5) is 18.7. The Kier molecular flexibility index (Phi) is 5.03. The number of rotatable bonds is 6. The van der Waals surface area contributed by atoms with Crippen LogP contribution in [-0.2, 0) is 11.2 Å². The molecule has 0 fully saturated rings. The minimum atomic E-state index is -0.134. The van der Waals surface area contributed by atoms with Gasteiger partial charge in [0.2, 0.25) is 0 Å². The third-order valence-electron chi connectivity index (χ3n) is 3.98. The molecule has 1 amide bonds. The molecular weight excluding hydrogens is 316 g/mol. The Labute approximate surface area is 147 Å². The largest absolute Gasteiger partial charge is 0.440 e. The topological polar surface area (TPSA) is 55.6 Å². The van der Waals surface area contributed by atoms with E-state index in [1.165, 1.54) is 5.56 Å². The van der Waals surface area contributed by atoms with Crippen molar-refractivity contribution in [3.8, 4) is 6.08 Å². The molecule has 25 heavy (non-hydrogen) atoms. The quantitative estimate of drug-likeness (QED) is 0.675. The van der Waals surface area contributed by atoms with Crippen LogP contribution in [0, 0.1) is 0 Å². The van der Waals surface area contributed by atoms with Crippen molar-refractivity contribution in [2.45, 2.75) is 33.2 Å². The Hall–Kier alpha value is -2.82. The summed E-state index contributed by atoms with van der Waals surface area (Å²) >= 11 is 0. The summed E-state index contributed by atoms with van der Waals surface area (Å²) in [6.45, 7) is 5.93. The van der Waals surface area contributed by atoms with Crippen LogP contribution in [0.25, 0.3) is 11.1 Å². The fourth-order valence-corrected chi connectivity index (χ4v) is 2.76. The Balaban J connectivity index is 1.74. The maximum Gasteiger partial charge on any atom is 0.395 e. The molecule has 0 atom stereocenters. The maximum absolute atomic E-state index is 12.7. The lowest BCUT2D eigenvalue weighted by Gasteiger charge is -2.27. The SMILES string of the molecule is CCc1cccc(N(C(=O)COc2nc3ccccc3o2)C(C)C)c1. The van der Waals surface area contributed by atoms with Crippen LogP contribution in [0.1, 0.15) is 26.3 Å². The van der Waals surface area contributed by atoms with Crippen LogP contribution < -0.4 is 9.64 Å². The predicted molar refractivity (Wildman–Crippen MR) is 97.9 cm³/mol. The Morgan fingerprint density at radius 1 is 1.20 bits per heavy atom. The van der Waals surface area contributed by atoms with Gasteiger partial charge in [-0.3, -0.25) is 4.79 Å². The molecule has 3 rings (SSSR count). The van der Waals surface area contributed by atoms with Gasteiger partial charge in [0, 0.05) is 11.7 Å². The highest BCUT2D eigenvalue weighted by atomic mass is 16.6. The summed E-state index contributed by atoms with van der Waals surface area (Å²) in [7, 11) is 0. The summed E-state index contributed by atoms with van der Waals surface area (Å²) in [5.41, 5.74) is 3.42. The molecule has 130 valence electrons. The van der Waals surface area contributed by atoms with E-state index in [1.54, 1.807) is 4.90 Å². The van der Waals surface area contributed by atoms with Crippen LogP contribution in [0.3, 0.4) is 0 Å². The van der Waals surface area contributed by atoms with E-state index in [2.05, 4.69) is 18.0 Å².